The van der Waals surface area contributed by atoms with E-state index in [0.29, 0.717) is 6.42 Å². The normalized spacial score (nSPS) is 13.7. The molecule has 1 rings (SSSR count). The van der Waals surface area contributed by atoms with Crippen LogP contribution in [-0.4, -0.2) is 37.4 Å². The van der Waals surface area contributed by atoms with Crippen LogP contribution in [0.4, 0.5) is 0 Å². The van der Waals surface area contributed by atoms with Crippen molar-refractivity contribution in [2.24, 2.45) is 0 Å². The van der Waals surface area contributed by atoms with Gasteiger partial charge in [-0.15, -0.1) is 0 Å². The minimum Gasteiger partial charge on any atom is -0.312 e. The molecule has 1 aromatic heterocycles. The molecule has 1 aromatic rings. The summed E-state index contributed by atoms with van der Waals surface area (Å²) in [4.78, 5) is 8.37. The van der Waals surface area contributed by atoms with Crippen molar-refractivity contribution in [3.63, 3.8) is 0 Å². The maximum atomic E-state index is 11.1. The van der Waals surface area contributed by atoms with Gasteiger partial charge in [-0.2, -0.15) is 0 Å². The highest BCUT2D eigenvalue weighted by atomic mass is 32.2. The summed E-state index contributed by atoms with van der Waals surface area (Å²) in [5.41, 5.74) is 1.62. The third-order valence-electron chi connectivity index (χ3n) is 2.28. The van der Waals surface area contributed by atoms with Gasteiger partial charge in [-0.25, -0.2) is 8.42 Å². The van der Waals surface area contributed by atoms with Crippen LogP contribution in [-0.2, 0) is 9.84 Å². The quantitative estimate of drug-likeness (QED) is 0.814. The Morgan fingerprint density at radius 2 is 2.06 bits per heavy atom. The number of nitrogens with zero attached hydrogens (tertiary/aromatic N) is 2. The summed E-state index contributed by atoms with van der Waals surface area (Å²) >= 11 is 0. The maximum absolute atomic E-state index is 11.1. The Morgan fingerprint density at radius 1 is 1.38 bits per heavy atom. The van der Waals surface area contributed by atoms with E-state index in [9.17, 15) is 8.42 Å². The van der Waals surface area contributed by atoms with Gasteiger partial charge in [0.25, 0.3) is 0 Å². The number of aromatic nitrogens is 2. The lowest BCUT2D eigenvalue weighted by molar-refractivity contribution is 0.546. The first-order valence-corrected chi connectivity index (χ1v) is 7.12. The van der Waals surface area contributed by atoms with E-state index in [0.717, 1.165) is 11.4 Å². The first-order valence-electron chi connectivity index (χ1n) is 5.06. The predicted octanol–water partition coefficient (Wildman–Crippen LogP) is 0.480. The fourth-order valence-electron chi connectivity index (χ4n) is 1.35. The van der Waals surface area contributed by atoms with Crippen LogP contribution in [0.2, 0.25) is 0 Å². The van der Waals surface area contributed by atoms with Crippen LogP contribution in [0.15, 0.2) is 12.4 Å². The first kappa shape index (κ1) is 13.1. The van der Waals surface area contributed by atoms with Crippen molar-refractivity contribution in [1.29, 1.82) is 0 Å². The van der Waals surface area contributed by atoms with Crippen molar-refractivity contribution in [2.45, 2.75) is 19.4 Å². The second-order valence-corrected chi connectivity index (χ2v) is 6.10. The zero-order valence-electron chi connectivity index (χ0n) is 9.77. The summed E-state index contributed by atoms with van der Waals surface area (Å²) in [6, 6.07) is -0.0668. The van der Waals surface area contributed by atoms with Gasteiger partial charge in [0.1, 0.15) is 9.84 Å². The molecule has 0 fully saturated rings. The monoisotopic (exact) mass is 243 g/mol. The van der Waals surface area contributed by atoms with E-state index in [1.807, 2.05) is 6.92 Å². The molecule has 6 heteroatoms. The molecule has 0 aliphatic carbocycles. The lowest BCUT2D eigenvalue weighted by atomic mass is 10.1. The fraction of sp³-hybridized carbons (Fsp3) is 0.600. The second kappa shape index (κ2) is 5.36. The number of sulfone groups is 1. The van der Waals surface area contributed by atoms with E-state index >= 15 is 0 Å². The van der Waals surface area contributed by atoms with Crippen LogP contribution in [0.3, 0.4) is 0 Å². The SMILES string of the molecule is CNC(CCS(C)(=O)=O)c1cnc(C)cn1. The molecule has 0 radical (unpaired) electrons. The van der Waals surface area contributed by atoms with Crippen LogP contribution in [0.25, 0.3) is 0 Å². The molecule has 1 heterocycles. The Kier molecular flexibility index (Phi) is 4.37. The van der Waals surface area contributed by atoms with Crippen molar-refractivity contribution in [1.82, 2.24) is 15.3 Å². The minimum absolute atomic E-state index is 0.0668. The molecule has 5 nitrogen and oxygen atoms in total. The van der Waals surface area contributed by atoms with Crippen molar-refractivity contribution in [3.05, 3.63) is 23.8 Å². The number of nitrogens with one attached hydrogen (secondary N) is 1. The summed E-state index contributed by atoms with van der Waals surface area (Å²) in [5.74, 6) is 0.147. The number of hydrogen-bond donors (Lipinski definition) is 1. The summed E-state index contributed by atoms with van der Waals surface area (Å²) in [7, 11) is -1.15. The van der Waals surface area contributed by atoms with Crippen LogP contribution < -0.4 is 5.32 Å². The van der Waals surface area contributed by atoms with Gasteiger partial charge in [0.15, 0.2) is 0 Å². The largest absolute Gasteiger partial charge is 0.312 e. The Morgan fingerprint density at radius 3 is 2.50 bits per heavy atom. The molecule has 0 aliphatic rings. The Bertz CT molecular complexity index is 428. The van der Waals surface area contributed by atoms with Crippen LogP contribution in [0.1, 0.15) is 23.9 Å². The standard InChI is InChI=1S/C10H17N3O2S/c1-8-6-13-10(7-12-8)9(11-2)4-5-16(3,14)15/h6-7,9,11H,4-5H2,1-3H3. The van der Waals surface area contributed by atoms with Gasteiger partial charge in [0.05, 0.1) is 29.4 Å². The zero-order valence-corrected chi connectivity index (χ0v) is 10.6. The average molecular weight is 243 g/mol. The van der Waals surface area contributed by atoms with E-state index in [-0.39, 0.29) is 11.8 Å². The van der Waals surface area contributed by atoms with Crippen LogP contribution >= 0.6 is 0 Å². The molecule has 0 amide bonds. The van der Waals surface area contributed by atoms with Crippen LogP contribution in [0, 0.1) is 6.92 Å². The third-order valence-corrected chi connectivity index (χ3v) is 3.26. The fourth-order valence-corrected chi connectivity index (χ4v) is 2.02. The third kappa shape index (κ3) is 4.24. The molecule has 16 heavy (non-hydrogen) atoms. The first-order chi connectivity index (χ1) is 7.42. The minimum atomic E-state index is -2.93. The van der Waals surface area contributed by atoms with Gasteiger partial charge < -0.3 is 5.32 Å². The zero-order chi connectivity index (χ0) is 12.2. The molecular formula is C10H17N3O2S. The summed E-state index contributed by atoms with van der Waals surface area (Å²) < 4.78 is 22.1. The van der Waals surface area contributed by atoms with Gasteiger partial charge in [-0.05, 0) is 20.4 Å². The summed E-state index contributed by atoms with van der Waals surface area (Å²) in [6.45, 7) is 1.86. The van der Waals surface area contributed by atoms with Gasteiger partial charge >= 0.3 is 0 Å². The predicted molar refractivity (Wildman–Crippen MR) is 62.9 cm³/mol. The Hall–Kier alpha value is -1.01. The van der Waals surface area contributed by atoms with Crippen LogP contribution in [0.5, 0.6) is 0 Å². The Balaban J connectivity index is 2.71. The molecular weight excluding hydrogens is 226 g/mol. The molecule has 90 valence electrons. The topological polar surface area (TPSA) is 72.0 Å². The number of hydrogen-bond acceptors (Lipinski definition) is 5. The summed E-state index contributed by atoms with van der Waals surface area (Å²) in [6.07, 6.45) is 5.10. The molecule has 1 atom stereocenters. The molecule has 1 unspecified atom stereocenters. The molecule has 1 N–H and O–H groups in total. The lowest BCUT2D eigenvalue weighted by Gasteiger charge is -2.14. The highest BCUT2D eigenvalue weighted by molar-refractivity contribution is 7.90. The molecule has 0 bridgehead atoms. The highest BCUT2D eigenvalue weighted by Gasteiger charge is 2.13. The van der Waals surface area contributed by atoms with E-state index in [2.05, 4.69) is 15.3 Å². The Labute approximate surface area is 96.2 Å². The number of aryl methyl sites for hydroxylation is 1. The molecule has 0 saturated heterocycles. The number of rotatable bonds is 5. The van der Waals surface area contributed by atoms with Gasteiger partial charge in [-0.1, -0.05) is 0 Å². The van der Waals surface area contributed by atoms with Gasteiger partial charge in [0.2, 0.25) is 0 Å². The molecule has 0 aliphatic heterocycles. The molecule has 0 saturated carbocycles. The van der Waals surface area contributed by atoms with Crippen molar-refractivity contribution >= 4 is 9.84 Å². The van der Waals surface area contributed by atoms with E-state index in [4.69, 9.17) is 0 Å². The van der Waals surface area contributed by atoms with Crippen molar-refractivity contribution in [2.75, 3.05) is 19.1 Å². The second-order valence-electron chi connectivity index (χ2n) is 3.84. The van der Waals surface area contributed by atoms with E-state index in [1.165, 1.54) is 6.26 Å². The average Bonchev–Trinajstić information content (AvgIpc) is 2.20. The van der Waals surface area contributed by atoms with E-state index < -0.39 is 9.84 Å². The van der Waals surface area contributed by atoms with Crippen molar-refractivity contribution < 1.29 is 8.42 Å². The smallest absolute Gasteiger partial charge is 0.147 e. The van der Waals surface area contributed by atoms with E-state index in [1.54, 1.807) is 19.4 Å². The maximum Gasteiger partial charge on any atom is 0.147 e. The summed E-state index contributed by atoms with van der Waals surface area (Å²) in [5, 5.41) is 3.04. The van der Waals surface area contributed by atoms with Crippen molar-refractivity contribution in [3.8, 4) is 0 Å². The van der Waals surface area contributed by atoms with Gasteiger partial charge in [0, 0.05) is 12.5 Å². The highest BCUT2D eigenvalue weighted by Crippen LogP contribution is 2.13. The lowest BCUT2D eigenvalue weighted by Crippen LogP contribution is -2.21. The van der Waals surface area contributed by atoms with Gasteiger partial charge in [-0.3, -0.25) is 9.97 Å². The molecule has 0 aromatic carbocycles. The molecule has 0 spiro atoms.